The smallest absolute Gasteiger partial charge is 0.414 e. The Bertz CT molecular complexity index is 939. The van der Waals surface area contributed by atoms with Gasteiger partial charge >= 0.3 is 11.9 Å². The van der Waals surface area contributed by atoms with Crippen LogP contribution in [0.15, 0.2) is 36.4 Å². The summed E-state index contributed by atoms with van der Waals surface area (Å²) >= 11 is 0. The highest BCUT2D eigenvalue weighted by Crippen LogP contribution is 2.33. The Morgan fingerprint density at radius 1 is 0.788 bits per heavy atom. The summed E-state index contributed by atoms with van der Waals surface area (Å²) in [5, 5.41) is 14.8. The number of hydrogen-bond donors (Lipinski definition) is 2. The third-order valence-electron chi connectivity index (χ3n) is 5.31. The number of rotatable bonds is 6. The second-order valence-corrected chi connectivity index (χ2v) is 7.57. The standard InChI is InChI=1S/C21H26N2O4.C2H2O4/c1-24-18-9-17(10-19(12-18)25-2)14-23-7-5-22(6-8-23)13-16-3-4-20-21(11-16)27-15-26-20;3-1(4)2(5)6/h3-4,9-12H,5-8,13-15H2,1-2H3;(H,3,4)(H,5,6). The van der Waals surface area contributed by atoms with E-state index in [-0.39, 0.29) is 0 Å². The quantitative estimate of drug-likeness (QED) is 0.619. The van der Waals surface area contributed by atoms with E-state index in [1.807, 2.05) is 12.1 Å². The second-order valence-electron chi connectivity index (χ2n) is 7.57. The van der Waals surface area contributed by atoms with Crippen LogP contribution < -0.4 is 18.9 Å². The zero-order valence-corrected chi connectivity index (χ0v) is 18.7. The number of carboxylic acid groups (broad SMARTS) is 2. The average Bonchev–Trinajstić information content (AvgIpc) is 3.28. The molecule has 2 aliphatic heterocycles. The molecule has 178 valence electrons. The first-order chi connectivity index (χ1) is 15.9. The molecule has 2 aromatic carbocycles. The number of fused-ring (bicyclic) bond motifs is 1. The van der Waals surface area contributed by atoms with E-state index in [1.54, 1.807) is 14.2 Å². The Kier molecular flexibility index (Phi) is 8.34. The molecule has 0 spiro atoms. The number of carbonyl (C=O) groups is 2. The van der Waals surface area contributed by atoms with E-state index >= 15 is 0 Å². The monoisotopic (exact) mass is 460 g/mol. The predicted octanol–water partition coefficient (Wildman–Crippen LogP) is 1.91. The predicted molar refractivity (Wildman–Crippen MR) is 118 cm³/mol. The van der Waals surface area contributed by atoms with Crippen LogP contribution in [0.25, 0.3) is 0 Å². The number of aliphatic carboxylic acids is 2. The van der Waals surface area contributed by atoms with Gasteiger partial charge < -0.3 is 29.2 Å². The maximum atomic E-state index is 9.10. The van der Waals surface area contributed by atoms with Crippen LogP contribution >= 0.6 is 0 Å². The van der Waals surface area contributed by atoms with Gasteiger partial charge in [0.1, 0.15) is 11.5 Å². The fourth-order valence-electron chi connectivity index (χ4n) is 3.62. The summed E-state index contributed by atoms with van der Waals surface area (Å²) in [6.07, 6.45) is 0. The van der Waals surface area contributed by atoms with Gasteiger partial charge in [-0.15, -0.1) is 0 Å². The first kappa shape index (κ1) is 24.1. The maximum absolute atomic E-state index is 9.10. The topological polar surface area (TPSA) is 118 Å². The fraction of sp³-hybridized carbons (Fsp3) is 0.391. The highest BCUT2D eigenvalue weighted by Gasteiger charge is 2.19. The summed E-state index contributed by atoms with van der Waals surface area (Å²) < 4.78 is 21.6. The van der Waals surface area contributed by atoms with Crippen LogP contribution in [0, 0.1) is 0 Å². The number of nitrogens with zero attached hydrogens (tertiary/aromatic N) is 2. The van der Waals surface area contributed by atoms with Crippen molar-refractivity contribution in [2.45, 2.75) is 13.1 Å². The second kappa shape index (κ2) is 11.4. The molecule has 33 heavy (non-hydrogen) atoms. The Balaban J connectivity index is 0.000000454. The highest BCUT2D eigenvalue weighted by atomic mass is 16.7. The molecule has 10 nitrogen and oxygen atoms in total. The van der Waals surface area contributed by atoms with E-state index in [9.17, 15) is 0 Å². The van der Waals surface area contributed by atoms with E-state index in [1.165, 1.54) is 11.1 Å². The molecule has 2 heterocycles. The lowest BCUT2D eigenvalue weighted by Crippen LogP contribution is -2.45. The zero-order valence-electron chi connectivity index (χ0n) is 18.7. The molecule has 2 aromatic rings. The van der Waals surface area contributed by atoms with Crippen LogP contribution in [0.1, 0.15) is 11.1 Å². The number of ether oxygens (including phenoxy) is 4. The third-order valence-corrected chi connectivity index (χ3v) is 5.31. The summed E-state index contributed by atoms with van der Waals surface area (Å²) in [6, 6.07) is 12.3. The zero-order chi connectivity index (χ0) is 23.8. The van der Waals surface area contributed by atoms with E-state index in [4.69, 9.17) is 38.7 Å². The minimum Gasteiger partial charge on any atom is -0.497 e. The van der Waals surface area contributed by atoms with E-state index in [0.29, 0.717) is 6.79 Å². The number of methoxy groups -OCH3 is 2. The molecule has 2 aliphatic rings. The molecule has 10 heteroatoms. The van der Waals surface area contributed by atoms with Crippen molar-refractivity contribution in [1.82, 2.24) is 9.80 Å². The molecular formula is C23H28N2O8. The van der Waals surface area contributed by atoms with Crippen LogP contribution in [0.4, 0.5) is 0 Å². The van der Waals surface area contributed by atoms with Crippen molar-refractivity contribution < 1.29 is 38.7 Å². The number of piperazine rings is 1. The largest absolute Gasteiger partial charge is 0.497 e. The van der Waals surface area contributed by atoms with Crippen molar-refractivity contribution >= 4 is 11.9 Å². The van der Waals surface area contributed by atoms with Crippen LogP contribution in [0.2, 0.25) is 0 Å². The van der Waals surface area contributed by atoms with E-state index < -0.39 is 11.9 Å². The van der Waals surface area contributed by atoms with Gasteiger partial charge in [0.15, 0.2) is 11.5 Å². The number of hydrogen-bond acceptors (Lipinski definition) is 8. The van der Waals surface area contributed by atoms with Gasteiger partial charge in [-0.1, -0.05) is 6.07 Å². The Morgan fingerprint density at radius 3 is 1.82 bits per heavy atom. The normalized spacial score (nSPS) is 15.3. The molecule has 0 aromatic heterocycles. The lowest BCUT2D eigenvalue weighted by Gasteiger charge is -2.34. The molecule has 0 radical (unpaired) electrons. The first-order valence-electron chi connectivity index (χ1n) is 10.4. The minimum absolute atomic E-state index is 0.326. The van der Waals surface area contributed by atoms with Gasteiger partial charge in [-0.25, -0.2) is 9.59 Å². The van der Waals surface area contributed by atoms with Crippen molar-refractivity contribution in [3.05, 3.63) is 47.5 Å². The fourth-order valence-corrected chi connectivity index (χ4v) is 3.62. The first-order valence-corrected chi connectivity index (χ1v) is 10.4. The maximum Gasteiger partial charge on any atom is 0.414 e. The van der Waals surface area contributed by atoms with Crippen molar-refractivity contribution in [2.75, 3.05) is 47.2 Å². The van der Waals surface area contributed by atoms with E-state index in [0.717, 1.165) is 62.3 Å². The summed E-state index contributed by atoms with van der Waals surface area (Å²) in [5.74, 6) is -0.267. The summed E-state index contributed by atoms with van der Waals surface area (Å²) in [4.78, 5) is 23.2. The van der Waals surface area contributed by atoms with Crippen molar-refractivity contribution in [2.24, 2.45) is 0 Å². The van der Waals surface area contributed by atoms with Crippen molar-refractivity contribution in [3.8, 4) is 23.0 Å². The van der Waals surface area contributed by atoms with Gasteiger partial charge in [-0.3, -0.25) is 9.80 Å². The van der Waals surface area contributed by atoms with Crippen molar-refractivity contribution in [3.63, 3.8) is 0 Å². The molecular weight excluding hydrogens is 432 g/mol. The molecule has 0 saturated carbocycles. The third kappa shape index (κ3) is 6.99. The SMILES string of the molecule is COc1cc(CN2CCN(Cc3ccc4c(c3)OCO4)CC2)cc(OC)c1.O=C(O)C(=O)O. The summed E-state index contributed by atoms with van der Waals surface area (Å²) in [6.45, 7) is 6.37. The molecule has 0 unspecified atom stereocenters. The molecule has 0 amide bonds. The molecule has 1 fully saturated rings. The molecule has 0 aliphatic carbocycles. The van der Waals surface area contributed by atoms with Gasteiger partial charge in [-0.2, -0.15) is 0 Å². The lowest BCUT2D eigenvalue weighted by atomic mass is 10.1. The van der Waals surface area contributed by atoms with Gasteiger partial charge in [-0.05, 0) is 35.4 Å². The Labute approximate surface area is 191 Å². The van der Waals surface area contributed by atoms with Gasteiger partial charge in [0.25, 0.3) is 0 Å². The van der Waals surface area contributed by atoms with Crippen molar-refractivity contribution in [1.29, 1.82) is 0 Å². The van der Waals surface area contributed by atoms with Crippen LogP contribution in [-0.2, 0) is 22.7 Å². The minimum atomic E-state index is -1.82. The van der Waals surface area contributed by atoms with Crippen LogP contribution in [-0.4, -0.2) is 79.1 Å². The Morgan fingerprint density at radius 2 is 1.30 bits per heavy atom. The van der Waals surface area contributed by atoms with Crippen LogP contribution in [0.5, 0.6) is 23.0 Å². The van der Waals surface area contributed by atoms with Gasteiger partial charge in [0.2, 0.25) is 6.79 Å². The van der Waals surface area contributed by atoms with Crippen LogP contribution in [0.3, 0.4) is 0 Å². The molecule has 2 N–H and O–H groups in total. The summed E-state index contributed by atoms with van der Waals surface area (Å²) in [5.41, 5.74) is 2.49. The highest BCUT2D eigenvalue weighted by molar-refractivity contribution is 6.27. The molecule has 0 atom stereocenters. The molecule has 0 bridgehead atoms. The average molecular weight is 460 g/mol. The lowest BCUT2D eigenvalue weighted by molar-refractivity contribution is -0.159. The number of carboxylic acids is 2. The molecule has 1 saturated heterocycles. The molecule has 4 rings (SSSR count). The van der Waals surface area contributed by atoms with Gasteiger partial charge in [0.05, 0.1) is 14.2 Å². The number of benzene rings is 2. The Hall–Kier alpha value is -3.50. The van der Waals surface area contributed by atoms with E-state index in [2.05, 4.69) is 34.1 Å². The summed E-state index contributed by atoms with van der Waals surface area (Å²) in [7, 11) is 3.38. The van der Waals surface area contributed by atoms with Gasteiger partial charge in [0, 0.05) is 45.3 Å².